The molecule has 1 heterocycles. The molecule has 1 aromatic rings. The van der Waals surface area contributed by atoms with Gasteiger partial charge in [-0.2, -0.15) is 0 Å². The highest BCUT2D eigenvalue weighted by Crippen LogP contribution is 2.25. The van der Waals surface area contributed by atoms with Crippen molar-refractivity contribution < 1.29 is 23.4 Å². The third-order valence-electron chi connectivity index (χ3n) is 2.67. The number of thiophene rings is 1. The Hall–Kier alpha value is -1.00. The van der Waals surface area contributed by atoms with Crippen LogP contribution in [0.2, 0.25) is 0 Å². The van der Waals surface area contributed by atoms with E-state index in [0.717, 1.165) is 17.4 Å². The number of nitrogens with zero attached hydrogens (tertiary/aromatic N) is 1. The van der Waals surface area contributed by atoms with Gasteiger partial charge in [-0.25, -0.2) is 17.9 Å². The van der Waals surface area contributed by atoms with Crippen LogP contribution in [-0.4, -0.2) is 62.3 Å². The third kappa shape index (κ3) is 5.04. The second-order valence-electron chi connectivity index (χ2n) is 5.40. The lowest BCUT2D eigenvalue weighted by Gasteiger charge is -2.26. The molecule has 1 rings (SSSR count). The highest BCUT2D eigenvalue weighted by molar-refractivity contribution is 7.89. The summed E-state index contributed by atoms with van der Waals surface area (Å²) in [6.07, 6.45) is 0. The average Bonchev–Trinajstić information content (AvgIpc) is 2.68. The van der Waals surface area contributed by atoms with Crippen LogP contribution < -0.4 is 4.72 Å². The topological polar surface area (TPSA) is 107 Å². The number of carbonyl (C=O) groups is 1. The van der Waals surface area contributed by atoms with Gasteiger partial charge in [0.05, 0.1) is 10.5 Å². The predicted octanol–water partition coefficient (Wildman–Crippen LogP) is 0.346. The zero-order valence-electron chi connectivity index (χ0n) is 12.4. The number of aryl methyl sites for hydroxylation is 1. The van der Waals surface area contributed by atoms with Crippen LogP contribution in [0.25, 0.3) is 0 Å². The second-order valence-corrected chi connectivity index (χ2v) is 8.39. The molecule has 0 aliphatic carbocycles. The van der Waals surface area contributed by atoms with E-state index >= 15 is 0 Å². The Labute approximate surface area is 128 Å². The number of nitrogens with one attached hydrogen (secondary N) is 1. The van der Waals surface area contributed by atoms with E-state index in [9.17, 15) is 18.3 Å². The predicted molar refractivity (Wildman–Crippen MR) is 80.4 cm³/mol. The van der Waals surface area contributed by atoms with Crippen LogP contribution in [0.5, 0.6) is 0 Å². The summed E-state index contributed by atoms with van der Waals surface area (Å²) in [6.45, 7) is 3.20. The number of likely N-dealkylation sites (N-methyl/N-ethyl adjacent to an activating group) is 1. The first-order valence-corrected chi connectivity index (χ1v) is 8.45. The molecule has 7 nitrogen and oxygen atoms in total. The molecule has 0 aliphatic heterocycles. The van der Waals surface area contributed by atoms with E-state index in [1.54, 1.807) is 25.9 Å². The quantitative estimate of drug-likeness (QED) is 0.663. The first kappa shape index (κ1) is 18.1. The van der Waals surface area contributed by atoms with Crippen LogP contribution in [0.3, 0.4) is 0 Å². The Kier molecular flexibility index (Phi) is 5.51. The van der Waals surface area contributed by atoms with Gasteiger partial charge in [-0.05, 0) is 34.0 Å². The Bertz CT molecular complexity index is 620. The van der Waals surface area contributed by atoms with Gasteiger partial charge in [0.2, 0.25) is 10.0 Å². The lowest BCUT2D eigenvalue weighted by atomic mass is 10.1. The molecule has 1 aromatic heterocycles. The Morgan fingerprint density at radius 1 is 1.48 bits per heavy atom. The zero-order chi connectivity index (χ0) is 16.4. The summed E-state index contributed by atoms with van der Waals surface area (Å²) in [5, 5.41) is 19.0. The molecule has 9 heteroatoms. The van der Waals surface area contributed by atoms with Gasteiger partial charge in [0, 0.05) is 18.0 Å². The maximum Gasteiger partial charge on any atom is 0.345 e. The summed E-state index contributed by atoms with van der Waals surface area (Å²) < 4.78 is 26.7. The Balaban J connectivity index is 2.90. The van der Waals surface area contributed by atoms with Gasteiger partial charge in [0.25, 0.3) is 0 Å². The Morgan fingerprint density at radius 3 is 2.48 bits per heavy atom. The molecule has 0 amide bonds. The number of hydrogen-bond acceptors (Lipinski definition) is 6. The molecule has 21 heavy (non-hydrogen) atoms. The molecule has 1 atom stereocenters. The fraction of sp³-hybridized carbons (Fsp3) is 0.583. The average molecular weight is 336 g/mol. The van der Waals surface area contributed by atoms with Gasteiger partial charge in [-0.15, -0.1) is 11.3 Å². The molecule has 0 saturated heterocycles. The van der Waals surface area contributed by atoms with Crippen molar-refractivity contribution in [1.82, 2.24) is 9.62 Å². The van der Waals surface area contributed by atoms with Crippen molar-refractivity contribution in [3.05, 3.63) is 15.8 Å². The van der Waals surface area contributed by atoms with Gasteiger partial charge >= 0.3 is 5.97 Å². The van der Waals surface area contributed by atoms with Crippen LogP contribution in [-0.2, 0) is 10.0 Å². The minimum absolute atomic E-state index is 0.0343. The maximum absolute atomic E-state index is 12.2. The fourth-order valence-electron chi connectivity index (χ4n) is 1.90. The largest absolute Gasteiger partial charge is 0.477 e. The van der Waals surface area contributed by atoms with Crippen molar-refractivity contribution in [2.24, 2.45) is 0 Å². The zero-order valence-corrected chi connectivity index (χ0v) is 14.0. The van der Waals surface area contributed by atoms with E-state index in [1.165, 1.54) is 6.92 Å². The summed E-state index contributed by atoms with van der Waals surface area (Å²) in [6, 6.07) is 1.13. The lowest BCUT2D eigenvalue weighted by Crippen LogP contribution is -2.47. The summed E-state index contributed by atoms with van der Waals surface area (Å²) >= 11 is 0.904. The molecule has 0 saturated carbocycles. The molecule has 120 valence electrons. The molecular formula is C12H20N2O5S2. The van der Waals surface area contributed by atoms with Crippen molar-refractivity contribution in [2.45, 2.75) is 24.3 Å². The number of carboxylic acids is 1. The normalized spacial score (nSPS) is 15.1. The first-order chi connectivity index (χ1) is 9.44. The van der Waals surface area contributed by atoms with E-state index < -0.39 is 21.6 Å². The number of hydrogen-bond donors (Lipinski definition) is 3. The summed E-state index contributed by atoms with van der Waals surface area (Å²) in [7, 11) is -0.316. The van der Waals surface area contributed by atoms with Gasteiger partial charge in [0.1, 0.15) is 4.88 Å². The summed E-state index contributed by atoms with van der Waals surface area (Å²) in [5.41, 5.74) is -1.23. The molecule has 3 N–H and O–H groups in total. The highest BCUT2D eigenvalue weighted by atomic mass is 32.2. The molecule has 1 unspecified atom stereocenters. The smallest absolute Gasteiger partial charge is 0.345 e. The number of rotatable bonds is 7. The van der Waals surface area contributed by atoms with Crippen molar-refractivity contribution in [1.29, 1.82) is 0 Å². The first-order valence-electron chi connectivity index (χ1n) is 6.15. The second kappa shape index (κ2) is 6.41. The van der Waals surface area contributed by atoms with Crippen molar-refractivity contribution in [3.63, 3.8) is 0 Å². The minimum Gasteiger partial charge on any atom is -0.477 e. The monoisotopic (exact) mass is 336 g/mol. The molecule has 0 radical (unpaired) electrons. The molecule has 0 aromatic carbocycles. The van der Waals surface area contributed by atoms with Gasteiger partial charge in [0.15, 0.2) is 0 Å². The van der Waals surface area contributed by atoms with E-state index in [2.05, 4.69) is 4.72 Å². The van der Waals surface area contributed by atoms with Crippen molar-refractivity contribution in [2.75, 3.05) is 27.2 Å². The number of aromatic carboxylic acids is 1. The molecular weight excluding hydrogens is 316 g/mol. The van der Waals surface area contributed by atoms with Gasteiger partial charge in [-0.1, -0.05) is 0 Å². The SMILES string of the molecule is Cc1sc(C(=O)O)cc1S(=O)(=O)NCC(C)(O)CN(C)C. The molecule has 0 spiro atoms. The number of carboxylic acid groups (broad SMARTS) is 1. The van der Waals surface area contributed by atoms with Gasteiger partial charge < -0.3 is 15.1 Å². The molecule has 0 aliphatic rings. The van der Waals surface area contributed by atoms with Crippen molar-refractivity contribution in [3.8, 4) is 0 Å². The van der Waals surface area contributed by atoms with E-state index in [4.69, 9.17) is 5.11 Å². The summed E-state index contributed by atoms with van der Waals surface area (Å²) in [4.78, 5) is 12.9. The molecule has 0 bridgehead atoms. The molecule has 0 fully saturated rings. The van der Waals surface area contributed by atoms with Crippen LogP contribution in [0.15, 0.2) is 11.0 Å². The highest BCUT2D eigenvalue weighted by Gasteiger charge is 2.27. The number of aliphatic hydroxyl groups is 1. The third-order valence-corrected chi connectivity index (χ3v) is 5.37. The van der Waals surface area contributed by atoms with Crippen LogP contribution in [0.4, 0.5) is 0 Å². The van der Waals surface area contributed by atoms with Gasteiger partial charge in [-0.3, -0.25) is 0 Å². The van der Waals surface area contributed by atoms with E-state index in [-0.39, 0.29) is 16.3 Å². The lowest BCUT2D eigenvalue weighted by molar-refractivity contribution is 0.0386. The fourth-order valence-corrected chi connectivity index (χ4v) is 4.49. The maximum atomic E-state index is 12.2. The van der Waals surface area contributed by atoms with Crippen LogP contribution >= 0.6 is 11.3 Å². The number of sulfonamides is 1. The summed E-state index contributed by atoms with van der Waals surface area (Å²) in [5.74, 6) is -1.16. The van der Waals surface area contributed by atoms with E-state index in [1.807, 2.05) is 0 Å². The van der Waals surface area contributed by atoms with Crippen LogP contribution in [0, 0.1) is 6.92 Å². The standard InChI is InChI=1S/C12H20N2O5S2/c1-8-10(5-9(20-8)11(15)16)21(18,19)13-6-12(2,17)7-14(3)4/h5,13,17H,6-7H2,1-4H3,(H,15,16). The Morgan fingerprint density at radius 2 is 2.05 bits per heavy atom. The minimum atomic E-state index is -3.85. The van der Waals surface area contributed by atoms with E-state index in [0.29, 0.717) is 11.4 Å². The van der Waals surface area contributed by atoms with Crippen molar-refractivity contribution >= 4 is 27.3 Å². The van der Waals surface area contributed by atoms with Crippen LogP contribution in [0.1, 0.15) is 21.5 Å².